The van der Waals surface area contributed by atoms with Crippen molar-refractivity contribution in [2.75, 3.05) is 30.3 Å². The van der Waals surface area contributed by atoms with E-state index < -0.39 is 22.5 Å². The predicted octanol–water partition coefficient (Wildman–Crippen LogP) is 3.09. The molecule has 1 amide bonds. The summed E-state index contributed by atoms with van der Waals surface area (Å²) < 4.78 is 43.1. The van der Waals surface area contributed by atoms with Crippen molar-refractivity contribution in [2.24, 2.45) is 0 Å². The fourth-order valence-corrected chi connectivity index (χ4v) is 3.51. The third kappa shape index (κ3) is 6.89. The zero-order valence-corrected chi connectivity index (χ0v) is 16.6. The zero-order valence-electron chi connectivity index (χ0n) is 14.3. The molecule has 6 nitrogen and oxygen atoms in total. The number of amides is 1. The molecule has 0 atom stereocenters. The van der Waals surface area contributed by atoms with Gasteiger partial charge in [-0.2, -0.15) is 0 Å². The van der Waals surface area contributed by atoms with Crippen LogP contribution in [0.4, 0.5) is 10.1 Å². The number of carbonyl (C=O) groups is 1. The van der Waals surface area contributed by atoms with Gasteiger partial charge in [-0.1, -0.05) is 23.2 Å². The monoisotopic (exact) mass is 434 g/mol. The van der Waals surface area contributed by atoms with Crippen LogP contribution in [0.25, 0.3) is 0 Å². The summed E-state index contributed by atoms with van der Waals surface area (Å²) in [7, 11) is -3.74. The van der Waals surface area contributed by atoms with E-state index in [0.717, 1.165) is 10.6 Å². The number of nitrogens with zero attached hydrogens (tertiary/aromatic N) is 1. The Bertz CT molecular complexity index is 887. The van der Waals surface area contributed by atoms with E-state index in [2.05, 4.69) is 5.32 Å². The summed E-state index contributed by atoms with van der Waals surface area (Å²) in [5.74, 6) is -0.450. The van der Waals surface area contributed by atoms with Gasteiger partial charge in [0, 0.05) is 10.0 Å². The van der Waals surface area contributed by atoms with Crippen molar-refractivity contribution in [1.82, 2.24) is 5.32 Å². The van der Waals surface area contributed by atoms with Crippen LogP contribution in [0.2, 0.25) is 10.0 Å². The Morgan fingerprint density at radius 1 is 1.15 bits per heavy atom. The topological polar surface area (TPSA) is 75.7 Å². The maximum Gasteiger partial charge on any atom is 0.240 e. The molecule has 27 heavy (non-hydrogen) atoms. The summed E-state index contributed by atoms with van der Waals surface area (Å²) in [5, 5.41) is 3.05. The number of halogens is 3. The van der Waals surface area contributed by atoms with Crippen LogP contribution in [0.1, 0.15) is 0 Å². The standard InChI is InChI=1S/C17H17Cl2FN2O4S/c1-27(24,25)22(15-9-12(18)8-13(19)10-15)11-17(23)21-6-7-26-16-4-2-14(20)3-5-16/h2-5,8-10H,6-7,11H2,1H3,(H,21,23). The van der Waals surface area contributed by atoms with Crippen molar-refractivity contribution in [1.29, 1.82) is 0 Å². The van der Waals surface area contributed by atoms with E-state index in [9.17, 15) is 17.6 Å². The highest BCUT2D eigenvalue weighted by atomic mass is 35.5. The van der Waals surface area contributed by atoms with Gasteiger partial charge in [-0.3, -0.25) is 9.10 Å². The van der Waals surface area contributed by atoms with Crippen molar-refractivity contribution < 1.29 is 22.3 Å². The van der Waals surface area contributed by atoms with Crippen LogP contribution < -0.4 is 14.4 Å². The number of hydrogen-bond acceptors (Lipinski definition) is 4. The molecule has 0 aliphatic carbocycles. The van der Waals surface area contributed by atoms with Crippen molar-refractivity contribution in [3.8, 4) is 5.75 Å². The highest BCUT2D eigenvalue weighted by Gasteiger charge is 2.21. The lowest BCUT2D eigenvalue weighted by atomic mass is 10.3. The van der Waals surface area contributed by atoms with Crippen LogP contribution in [0, 0.1) is 5.82 Å². The number of benzene rings is 2. The van der Waals surface area contributed by atoms with Gasteiger partial charge in [-0.15, -0.1) is 0 Å². The summed E-state index contributed by atoms with van der Waals surface area (Å²) in [6, 6.07) is 9.71. The lowest BCUT2D eigenvalue weighted by Crippen LogP contribution is -2.41. The number of carbonyl (C=O) groups excluding carboxylic acids is 1. The van der Waals surface area contributed by atoms with Gasteiger partial charge < -0.3 is 10.1 Å². The fourth-order valence-electron chi connectivity index (χ4n) is 2.16. The van der Waals surface area contributed by atoms with Crippen molar-refractivity contribution in [3.63, 3.8) is 0 Å². The molecule has 0 unspecified atom stereocenters. The van der Waals surface area contributed by atoms with E-state index in [1.54, 1.807) is 0 Å². The molecule has 2 aromatic rings. The van der Waals surface area contributed by atoms with E-state index in [0.29, 0.717) is 5.75 Å². The van der Waals surface area contributed by atoms with Gasteiger partial charge in [0.2, 0.25) is 15.9 Å². The maximum atomic E-state index is 12.8. The molecular weight excluding hydrogens is 418 g/mol. The number of ether oxygens (including phenoxy) is 1. The molecule has 0 radical (unpaired) electrons. The SMILES string of the molecule is CS(=O)(=O)N(CC(=O)NCCOc1ccc(F)cc1)c1cc(Cl)cc(Cl)c1. The molecule has 0 aliphatic heterocycles. The first-order chi connectivity index (χ1) is 12.6. The summed E-state index contributed by atoms with van der Waals surface area (Å²) in [4.78, 5) is 12.1. The molecule has 0 aliphatic rings. The molecule has 0 bridgehead atoms. The van der Waals surface area contributed by atoms with E-state index in [4.69, 9.17) is 27.9 Å². The third-order valence-corrected chi connectivity index (χ3v) is 4.91. The molecular formula is C17H17Cl2FN2O4S. The summed E-state index contributed by atoms with van der Waals surface area (Å²) in [6.45, 7) is -0.157. The second kappa shape index (κ2) is 9.25. The molecule has 2 aromatic carbocycles. The summed E-state index contributed by atoms with van der Waals surface area (Å²) in [5.41, 5.74) is 0.188. The lowest BCUT2D eigenvalue weighted by Gasteiger charge is -2.22. The highest BCUT2D eigenvalue weighted by Crippen LogP contribution is 2.26. The van der Waals surface area contributed by atoms with Crippen LogP contribution in [-0.2, 0) is 14.8 Å². The van der Waals surface area contributed by atoms with Gasteiger partial charge in [0.05, 0.1) is 18.5 Å². The molecule has 0 heterocycles. The molecule has 0 aromatic heterocycles. The average molecular weight is 435 g/mol. The number of sulfonamides is 1. The van der Waals surface area contributed by atoms with Crippen LogP contribution in [-0.4, -0.2) is 40.3 Å². The molecule has 0 spiro atoms. The van der Waals surface area contributed by atoms with Crippen LogP contribution in [0.15, 0.2) is 42.5 Å². The van der Waals surface area contributed by atoms with E-state index in [1.165, 1.54) is 42.5 Å². The van der Waals surface area contributed by atoms with Gasteiger partial charge in [-0.05, 0) is 42.5 Å². The number of anilines is 1. The first-order valence-corrected chi connectivity index (χ1v) is 10.3. The minimum Gasteiger partial charge on any atom is -0.492 e. The van der Waals surface area contributed by atoms with Gasteiger partial charge in [0.25, 0.3) is 0 Å². The lowest BCUT2D eigenvalue weighted by molar-refractivity contribution is -0.119. The largest absolute Gasteiger partial charge is 0.492 e. The maximum absolute atomic E-state index is 12.8. The first kappa shape index (κ1) is 21.3. The van der Waals surface area contributed by atoms with Gasteiger partial charge in [0.15, 0.2) is 0 Å². The molecule has 1 N–H and O–H groups in total. The fraction of sp³-hybridized carbons (Fsp3) is 0.235. The molecule has 0 saturated carbocycles. The Kier molecular flexibility index (Phi) is 7.29. The number of hydrogen-bond donors (Lipinski definition) is 1. The van der Waals surface area contributed by atoms with Crippen LogP contribution in [0.5, 0.6) is 5.75 Å². The van der Waals surface area contributed by atoms with Gasteiger partial charge in [0.1, 0.15) is 24.7 Å². The number of nitrogens with one attached hydrogen (secondary N) is 1. The smallest absolute Gasteiger partial charge is 0.240 e. The Balaban J connectivity index is 1.93. The molecule has 2 rings (SSSR count). The first-order valence-electron chi connectivity index (χ1n) is 7.74. The molecule has 10 heteroatoms. The minimum atomic E-state index is -3.74. The van der Waals surface area contributed by atoms with Crippen LogP contribution in [0.3, 0.4) is 0 Å². The van der Waals surface area contributed by atoms with Crippen molar-refractivity contribution >= 4 is 44.8 Å². The second-order valence-electron chi connectivity index (χ2n) is 5.55. The number of rotatable bonds is 8. The van der Waals surface area contributed by atoms with E-state index >= 15 is 0 Å². The summed E-state index contributed by atoms with van der Waals surface area (Å²) in [6.07, 6.45) is 0.979. The predicted molar refractivity (Wildman–Crippen MR) is 104 cm³/mol. The van der Waals surface area contributed by atoms with E-state index in [-0.39, 0.29) is 34.7 Å². The van der Waals surface area contributed by atoms with E-state index in [1.807, 2.05) is 0 Å². The Hall–Kier alpha value is -2.03. The van der Waals surface area contributed by atoms with Crippen molar-refractivity contribution in [2.45, 2.75) is 0 Å². The van der Waals surface area contributed by atoms with Gasteiger partial charge in [-0.25, -0.2) is 12.8 Å². The Morgan fingerprint density at radius 2 is 1.74 bits per heavy atom. The normalized spacial score (nSPS) is 11.1. The van der Waals surface area contributed by atoms with Crippen LogP contribution >= 0.6 is 23.2 Å². The third-order valence-electron chi connectivity index (χ3n) is 3.33. The van der Waals surface area contributed by atoms with Crippen molar-refractivity contribution in [3.05, 3.63) is 58.3 Å². The van der Waals surface area contributed by atoms with Gasteiger partial charge >= 0.3 is 0 Å². The minimum absolute atomic E-state index is 0.138. The Morgan fingerprint density at radius 3 is 2.30 bits per heavy atom. The Labute approximate surface area is 166 Å². The quantitative estimate of drug-likeness (QED) is 0.647. The summed E-state index contributed by atoms with van der Waals surface area (Å²) >= 11 is 11.8. The zero-order chi connectivity index (χ0) is 20.0. The molecule has 0 saturated heterocycles. The molecule has 0 fully saturated rings. The average Bonchev–Trinajstić information content (AvgIpc) is 2.56. The highest BCUT2D eigenvalue weighted by molar-refractivity contribution is 7.92. The molecule has 146 valence electrons. The second-order valence-corrected chi connectivity index (χ2v) is 8.33.